The maximum atomic E-state index is 13.0. The molecule has 9 heteroatoms. The van der Waals surface area contributed by atoms with E-state index < -0.39 is 11.8 Å². The van der Waals surface area contributed by atoms with Gasteiger partial charge in [0.15, 0.2) is 16.6 Å². The minimum atomic E-state index is -0.592. The zero-order valence-electron chi connectivity index (χ0n) is 14.5. The molecule has 0 radical (unpaired) electrons. The highest BCUT2D eigenvalue weighted by atomic mass is 79.9. The van der Waals surface area contributed by atoms with Crippen molar-refractivity contribution in [2.24, 2.45) is 0 Å². The van der Waals surface area contributed by atoms with Gasteiger partial charge in [0, 0.05) is 4.47 Å². The number of anilines is 1. The molecule has 0 unspecified atom stereocenters. The van der Waals surface area contributed by atoms with Gasteiger partial charge in [0.25, 0.3) is 11.8 Å². The van der Waals surface area contributed by atoms with Gasteiger partial charge in [0.05, 0.1) is 16.8 Å². The number of ether oxygens (including phenoxy) is 1. The van der Waals surface area contributed by atoms with E-state index in [1.54, 1.807) is 43.3 Å². The molecular weight excluding hydrogens is 512 g/mol. The fourth-order valence-corrected chi connectivity index (χ4v) is 3.60. The Balaban J connectivity index is 2.03. The van der Waals surface area contributed by atoms with E-state index in [-0.39, 0.29) is 22.2 Å². The SMILES string of the molecule is CCOc1cc(/C=C2\C(=O)NC(=S)N(c3ccc(Br)cc3)C2=O)cc(Br)c1O. The largest absolute Gasteiger partial charge is 0.503 e. The quantitative estimate of drug-likeness (QED) is 0.356. The molecule has 6 nitrogen and oxygen atoms in total. The lowest BCUT2D eigenvalue weighted by molar-refractivity contribution is -0.122. The van der Waals surface area contributed by atoms with Crippen molar-refractivity contribution in [2.75, 3.05) is 11.5 Å². The van der Waals surface area contributed by atoms with Gasteiger partial charge in [-0.25, -0.2) is 0 Å². The zero-order valence-corrected chi connectivity index (χ0v) is 18.5. The standard InChI is InChI=1S/C19H14Br2N2O4S/c1-2-27-15-9-10(8-14(21)16(15)24)7-13-17(25)22-19(28)23(18(13)26)12-5-3-11(20)4-6-12/h3-9,24H,2H2,1H3,(H,22,25,28)/b13-7+. The Morgan fingerprint density at radius 1 is 1.21 bits per heavy atom. The molecule has 1 aliphatic heterocycles. The van der Waals surface area contributed by atoms with E-state index in [0.29, 0.717) is 22.3 Å². The molecule has 0 saturated carbocycles. The number of carbonyl (C=O) groups excluding carboxylic acids is 2. The second kappa shape index (κ2) is 8.42. The first-order valence-corrected chi connectivity index (χ1v) is 10.1. The van der Waals surface area contributed by atoms with Gasteiger partial charge >= 0.3 is 0 Å². The van der Waals surface area contributed by atoms with Crippen molar-refractivity contribution >= 4 is 72.8 Å². The minimum absolute atomic E-state index is 0.0105. The van der Waals surface area contributed by atoms with Crippen LogP contribution in [0.25, 0.3) is 6.08 Å². The average molecular weight is 526 g/mol. The zero-order chi connectivity index (χ0) is 20.4. The van der Waals surface area contributed by atoms with Crippen molar-refractivity contribution in [2.45, 2.75) is 6.92 Å². The number of carbonyl (C=O) groups is 2. The number of amides is 2. The molecule has 3 rings (SSSR count). The van der Waals surface area contributed by atoms with Crippen LogP contribution in [0, 0.1) is 0 Å². The molecule has 1 heterocycles. The Bertz CT molecular complexity index is 1010. The summed E-state index contributed by atoms with van der Waals surface area (Å²) in [5.74, 6) is -0.947. The van der Waals surface area contributed by atoms with E-state index in [0.717, 1.165) is 4.47 Å². The molecule has 0 bridgehead atoms. The lowest BCUT2D eigenvalue weighted by Gasteiger charge is -2.29. The normalized spacial score (nSPS) is 15.8. The van der Waals surface area contributed by atoms with E-state index in [4.69, 9.17) is 17.0 Å². The van der Waals surface area contributed by atoms with Crippen molar-refractivity contribution in [1.29, 1.82) is 0 Å². The van der Waals surface area contributed by atoms with Crippen LogP contribution in [-0.2, 0) is 9.59 Å². The van der Waals surface area contributed by atoms with Crippen molar-refractivity contribution in [3.8, 4) is 11.5 Å². The predicted octanol–water partition coefficient (Wildman–Crippen LogP) is 4.15. The summed E-state index contributed by atoms with van der Waals surface area (Å²) in [6.45, 7) is 2.14. The minimum Gasteiger partial charge on any atom is -0.503 e. The van der Waals surface area contributed by atoms with Crippen LogP contribution in [0.15, 0.2) is 50.9 Å². The van der Waals surface area contributed by atoms with E-state index in [1.807, 2.05) is 0 Å². The summed E-state index contributed by atoms with van der Waals surface area (Å²) >= 11 is 11.8. The van der Waals surface area contributed by atoms with E-state index in [9.17, 15) is 14.7 Å². The second-order valence-electron chi connectivity index (χ2n) is 5.72. The highest BCUT2D eigenvalue weighted by Gasteiger charge is 2.34. The molecule has 2 aromatic rings. The number of phenolic OH excluding ortho intramolecular Hbond substituents is 1. The fraction of sp³-hybridized carbons (Fsp3) is 0.105. The van der Waals surface area contributed by atoms with Gasteiger partial charge < -0.3 is 9.84 Å². The third kappa shape index (κ3) is 4.11. The Morgan fingerprint density at radius 2 is 1.89 bits per heavy atom. The topological polar surface area (TPSA) is 78.9 Å². The number of aromatic hydroxyl groups is 1. The first kappa shape index (κ1) is 20.5. The number of nitrogens with one attached hydrogen (secondary N) is 1. The van der Waals surface area contributed by atoms with Gasteiger partial charge in [-0.2, -0.15) is 0 Å². The van der Waals surface area contributed by atoms with Gasteiger partial charge in [-0.15, -0.1) is 0 Å². The highest BCUT2D eigenvalue weighted by Crippen LogP contribution is 2.36. The molecule has 0 aromatic heterocycles. The molecule has 0 spiro atoms. The summed E-state index contributed by atoms with van der Waals surface area (Å²) in [6, 6.07) is 10.1. The summed E-state index contributed by atoms with van der Waals surface area (Å²) in [5, 5.41) is 12.6. The van der Waals surface area contributed by atoms with Crippen LogP contribution in [0.1, 0.15) is 12.5 Å². The van der Waals surface area contributed by atoms with Gasteiger partial charge in [0.1, 0.15) is 5.57 Å². The molecule has 1 fully saturated rings. The number of hydrogen-bond donors (Lipinski definition) is 2. The Kier molecular flexibility index (Phi) is 6.17. The lowest BCUT2D eigenvalue weighted by Crippen LogP contribution is -2.54. The second-order valence-corrected chi connectivity index (χ2v) is 7.87. The molecule has 28 heavy (non-hydrogen) atoms. The summed E-state index contributed by atoms with van der Waals surface area (Å²) in [4.78, 5) is 26.7. The highest BCUT2D eigenvalue weighted by molar-refractivity contribution is 9.10. The summed E-state index contributed by atoms with van der Waals surface area (Å²) in [5.41, 5.74) is 0.956. The molecule has 2 aromatic carbocycles. The number of thiocarbonyl (C=S) groups is 1. The molecule has 144 valence electrons. The summed E-state index contributed by atoms with van der Waals surface area (Å²) in [7, 11) is 0. The molecule has 1 saturated heterocycles. The van der Waals surface area contributed by atoms with E-state index >= 15 is 0 Å². The lowest BCUT2D eigenvalue weighted by atomic mass is 10.1. The number of nitrogens with zero attached hydrogens (tertiary/aromatic N) is 1. The van der Waals surface area contributed by atoms with Crippen LogP contribution in [-0.4, -0.2) is 28.6 Å². The Hall–Kier alpha value is -2.23. The summed E-state index contributed by atoms with van der Waals surface area (Å²) in [6.07, 6.45) is 1.43. The van der Waals surface area contributed by atoms with Gasteiger partial charge in [0.2, 0.25) is 0 Å². The van der Waals surface area contributed by atoms with Crippen LogP contribution in [0.5, 0.6) is 11.5 Å². The third-order valence-electron chi connectivity index (χ3n) is 3.85. The van der Waals surface area contributed by atoms with Crippen molar-refractivity contribution in [1.82, 2.24) is 5.32 Å². The molecule has 0 atom stereocenters. The first-order chi connectivity index (χ1) is 13.3. The molecule has 1 aliphatic rings. The smallest absolute Gasteiger partial charge is 0.270 e. The Labute approximate surface area is 183 Å². The van der Waals surface area contributed by atoms with E-state index in [1.165, 1.54) is 11.0 Å². The fourth-order valence-electron chi connectivity index (χ4n) is 2.59. The van der Waals surface area contributed by atoms with E-state index in [2.05, 4.69) is 37.2 Å². The third-order valence-corrected chi connectivity index (χ3v) is 5.27. The number of hydrogen-bond acceptors (Lipinski definition) is 5. The van der Waals surface area contributed by atoms with Gasteiger partial charge in [-0.3, -0.25) is 19.8 Å². The molecule has 0 aliphatic carbocycles. The van der Waals surface area contributed by atoms with Gasteiger partial charge in [-0.05, 0) is 83.1 Å². The number of phenols is 1. The van der Waals surface area contributed by atoms with Gasteiger partial charge in [-0.1, -0.05) is 15.9 Å². The maximum absolute atomic E-state index is 13.0. The first-order valence-electron chi connectivity index (χ1n) is 8.14. The van der Waals surface area contributed by atoms with Crippen molar-refractivity contribution in [3.63, 3.8) is 0 Å². The van der Waals surface area contributed by atoms with Crippen LogP contribution in [0.2, 0.25) is 0 Å². The maximum Gasteiger partial charge on any atom is 0.270 e. The van der Waals surface area contributed by atoms with Crippen molar-refractivity contribution < 1.29 is 19.4 Å². The number of benzene rings is 2. The molecule has 2 amide bonds. The number of halogens is 2. The predicted molar refractivity (Wildman–Crippen MR) is 117 cm³/mol. The monoisotopic (exact) mass is 524 g/mol. The molecule has 2 N–H and O–H groups in total. The molecular formula is C19H14Br2N2O4S. The van der Waals surface area contributed by atoms with Crippen LogP contribution >= 0.6 is 44.1 Å². The van der Waals surface area contributed by atoms with Crippen LogP contribution in [0.3, 0.4) is 0 Å². The summed E-state index contributed by atoms with van der Waals surface area (Å²) < 4.78 is 6.62. The number of rotatable bonds is 4. The Morgan fingerprint density at radius 3 is 2.54 bits per heavy atom. The average Bonchev–Trinajstić information content (AvgIpc) is 2.64. The van der Waals surface area contributed by atoms with Crippen LogP contribution in [0.4, 0.5) is 5.69 Å². The van der Waals surface area contributed by atoms with Crippen molar-refractivity contribution in [3.05, 3.63) is 56.5 Å². The van der Waals surface area contributed by atoms with Crippen LogP contribution < -0.4 is 15.0 Å².